The molecular formula is C22H20FN3O. The Bertz CT molecular complexity index is 999. The number of carbonyl (C=O) groups is 1. The highest BCUT2D eigenvalue weighted by Crippen LogP contribution is 2.26. The van der Waals surface area contributed by atoms with E-state index in [0.717, 1.165) is 36.3 Å². The summed E-state index contributed by atoms with van der Waals surface area (Å²) in [5, 5.41) is 6.31. The first kappa shape index (κ1) is 17.2. The lowest BCUT2D eigenvalue weighted by atomic mass is 10.0. The fraction of sp³-hybridized carbons (Fsp3) is 0.182. The molecule has 4 rings (SSSR count). The molecule has 0 radical (unpaired) electrons. The van der Waals surface area contributed by atoms with Gasteiger partial charge < -0.3 is 10.6 Å². The molecule has 27 heavy (non-hydrogen) atoms. The zero-order chi connectivity index (χ0) is 18.8. The minimum Gasteiger partial charge on any atom is -0.385 e. The van der Waals surface area contributed by atoms with E-state index in [0.29, 0.717) is 17.0 Å². The van der Waals surface area contributed by atoms with Crippen LogP contribution in [0.15, 0.2) is 54.6 Å². The lowest BCUT2D eigenvalue weighted by molar-refractivity contribution is 0.102. The zero-order valence-corrected chi connectivity index (χ0v) is 15.1. The molecule has 0 atom stereocenters. The number of hydrogen-bond acceptors (Lipinski definition) is 3. The van der Waals surface area contributed by atoms with Crippen LogP contribution in [-0.4, -0.2) is 17.4 Å². The molecule has 1 aromatic heterocycles. The maximum Gasteiger partial charge on any atom is 0.257 e. The third kappa shape index (κ3) is 3.67. The average molecular weight is 361 g/mol. The number of hydrogen-bond donors (Lipinski definition) is 2. The maximum atomic E-state index is 13.1. The predicted octanol–water partition coefficient (Wildman–Crippen LogP) is 4.81. The van der Waals surface area contributed by atoms with Gasteiger partial charge in [-0.25, -0.2) is 4.39 Å². The van der Waals surface area contributed by atoms with Gasteiger partial charge in [-0.15, -0.1) is 0 Å². The topological polar surface area (TPSA) is 54.0 Å². The van der Waals surface area contributed by atoms with E-state index in [9.17, 15) is 9.18 Å². The van der Waals surface area contributed by atoms with E-state index in [4.69, 9.17) is 0 Å². The van der Waals surface area contributed by atoms with Crippen LogP contribution in [0.3, 0.4) is 0 Å². The monoisotopic (exact) mass is 361 g/mol. The number of pyridine rings is 1. The standard InChI is InChI=1S/C22H20FN3O/c1-14-19(10-11-20(25-14)16-4-7-17(23)8-5-16)22(27)26-18-9-6-15-3-2-12-24-21(15)13-18/h4-11,13,24H,2-3,12H2,1H3,(H,26,27). The minimum absolute atomic E-state index is 0.193. The number of rotatable bonds is 3. The second-order valence-electron chi connectivity index (χ2n) is 6.69. The molecule has 0 saturated heterocycles. The number of aromatic nitrogens is 1. The van der Waals surface area contributed by atoms with Crippen molar-refractivity contribution < 1.29 is 9.18 Å². The molecule has 0 saturated carbocycles. The van der Waals surface area contributed by atoms with Gasteiger partial charge in [0.25, 0.3) is 5.91 Å². The number of nitrogens with zero attached hydrogens (tertiary/aromatic N) is 1. The summed E-state index contributed by atoms with van der Waals surface area (Å²) in [5.74, 6) is -0.479. The van der Waals surface area contributed by atoms with Crippen molar-refractivity contribution in [1.29, 1.82) is 0 Å². The number of amides is 1. The second-order valence-corrected chi connectivity index (χ2v) is 6.69. The van der Waals surface area contributed by atoms with E-state index in [1.807, 2.05) is 12.1 Å². The molecule has 5 heteroatoms. The number of fused-ring (bicyclic) bond motifs is 1. The normalized spacial score (nSPS) is 12.8. The highest BCUT2D eigenvalue weighted by atomic mass is 19.1. The molecule has 136 valence electrons. The van der Waals surface area contributed by atoms with E-state index in [1.54, 1.807) is 31.2 Å². The Labute approximate surface area is 157 Å². The van der Waals surface area contributed by atoms with Gasteiger partial charge in [0, 0.05) is 23.5 Å². The third-order valence-electron chi connectivity index (χ3n) is 4.78. The molecule has 4 nitrogen and oxygen atoms in total. The largest absolute Gasteiger partial charge is 0.385 e. The molecule has 1 aliphatic rings. The van der Waals surface area contributed by atoms with Gasteiger partial charge in [-0.05, 0) is 73.9 Å². The molecule has 0 fully saturated rings. The summed E-state index contributed by atoms with van der Waals surface area (Å²) in [6.45, 7) is 2.76. The van der Waals surface area contributed by atoms with Crippen molar-refractivity contribution in [3.63, 3.8) is 0 Å². The van der Waals surface area contributed by atoms with Crippen LogP contribution in [0, 0.1) is 12.7 Å². The molecule has 2 aromatic carbocycles. The molecule has 0 aliphatic carbocycles. The van der Waals surface area contributed by atoms with Crippen molar-refractivity contribution in [1.82, 2.24) is 4.98 Å². The molecule has 1 amide bonds. The van der Waals surface area contributed by atoms with Crippen LogP contribution < -0.4 is 10.6 Å². The molecule has 0 bridgehead atoms. The summed E-state index contributed by atoms with van der Waals surface area (Å²) in [6, 6.07) is 15.7. The first-order valence-electron chi connectivity index (χ1n) is 9.02. The number of anilines is 2. The van der Waals surface area contributed by atoms with Crippen LogP contribution in [0.5, 0.6) is 0 Å². The Balaban J connectivity index is 1.54. The summed E-state index contributed by atoms with van der Waals surface area (Å²) in [5.41, 5.74) is 5.79. The average Bonchev–Trinajstić information content (AvgIpc) is 2.68. The SMILES string of the molecule is Cc1nc(-c2ccc(F)cc2)ccc1C(=O)Nc1ccc2c(c1)NCCC2. The van der Waals surface area contributed by atoms with Crippen LogP contribution in [0.2, 0.25) is 0 Å². The van der Waals surface area contributed by atoms with Gasteiger partial charge in [-0.3, -0.25) is 9.78 Å². The van der Waals surface area contributed by atoms with E-state index in [1.165, 1.54) is 17.7 Å². The van der Waals surface area contributed by atoms with Crippen molar-refractivity contribution in [3.05, 3.63) is 77.2 Å². The van der Waals surface area contributed by atoms with Crippen LogP contribution in [0.1, 0.15) is 28.0 Å². The van der Waals surface area contributed by atoms with Gasteiger partial charge in [-0.1, -0.05) is 6.07 Å². The Morgan fingerprint density at radius 3 is 2.70 bits per heavy atom. The first-order valence-corrected chi connectivity index (χ1v) is 9.02. The van der Waals surface area contributed by atoms with Crippen LogP contribution in [0.25, 0.3) is 11.3 Å². The fourth-order valence-corrected chi connectivity index (χ4v) is 3.32. The predicted molar refractivity (Wildman–Crippen MR) is 106 cm³/mol. The highest BCUT2D eigenvalue weighted by Gasteiger charge is 2.14. The van der Waals surface area contributed by atoms with Gasteiger partial charge in [0.05, 0.1) is 17.0 Å². The van der Waals surface area contributed by atoms with E-state index in [2.05, 4.69) is 21.7 Å². The third-order valence-corrected chi connectivity index (χ3v) is 4.78. The Kier molecular flexibility index (Phi) is 4.59. The molecule has 3 aromatic rings. The number of benzene rings is 2. The second kappa shape index (κ2) is 7.19. The van der Waals surface area contributed by atoms with Crippen LogP contribution in [-0.2, 0) is 6.42 Å². The summed E-state index contributed by atoms with van der Waals surface area (Å²) in [7, 11) is 0. The van der Waals surface area contributed by atoms with E-state index < -0.39 is 0 Å². The van der Waals surface area contributed by atoms with Crippen LogP contribution in [0.4, 0.5) is 15.8 Å². The van der Waals surface area contributed by atoms with Crippen molar-refractivity contribution in [2.75, 3.05) is 17.2 Å². The van der Waals surface area contributed by atoms with Gasteiger partial charge in [0.2, 0.25) is 0 Å². The van der Waals surface area contributed by atoms with Crippen molar-refractivity contribution in [2.24, 2.45) is 0 Å². The first-order chi connectivity index (χ1) is 13.1. The number of aryl methyl sites for hydroxylation is 2. The van der Waals surface area contributed by atoms with Crippen molar-refractivity contribution >= 4 is 17.3 Å². The Hall–Kier alpha value is -3.21. The Morgan fingerprint density at radius 2 is 1.93 bits per heavy atom. The summed E-state index contributed by atoms with van der Waals surface area (Å²) < 4.78 is 13.1. The molecular weight excluding hydrogens is 341 g/mol. The molecule has 1 aliphatic heterocycles. The van der Waals surface area contributed by atoms with Gasteiger partial charge >= 0.3 is 0 Å². The smallest absolute Gasteiger partial charge is 0.257 e. The number of halogens is 1. The van der Waals surface area contributed by atoms with Crippen molar-refractivity contribution in [2.45, 2.75) is 19.8 Å². The summed E-state index contributed by atoms with van der Waals surface area (Å²) in [4.78, 5) is 17.2. The molecule has 2 N–H and O–H groups in total. The quantitative estimate of drug-likeness (QED) is 0.704. The highest BCUT2D eigenvalue weighted by molar-refractivity contribution is 6.05. The van der Waals surface area contributed by atoms with Gasteiger partial charge in [0.15, 0.2) is 0 Å². The fourth-order valence-electron chi connectivity index (χ4n) is 3.32. The number of carbonyl (C=O) groups excluding carboxylic acids is 1. The maximum absolute atomic E-state index is 13.1. The minimum atomic E-state index is -0.286. The van der Waals surface area contributed by atoms with Gasteiger partial charge in [-0.2, -0.15) is 0 Å². The van der Waals surface area contributed by atoms with E-state index in [-0.39, 0.29) is 11.7 Å². The lowest BCUT2D eigenvalue weighted by Crippen LogP contribution is -2.16. The Morgan fingerprint density at radius 1 is 1.11 bits per heavy atom. The van der Waals surface area contributed by atoms with Crippen LogP contribution >= 0.6 is 0 Å². The summed E-state index contributed by atoms with van der Waals surface area (Å²) in [6.07, 6.45) is 2.19. The number of nitrogens with one attached hydrogen (secondary N) is 2. The zero-order valence-electron chi connectivity index (χ0n) is 15.1. The lowest BCUT2D eigenvalue weighted by Gasteiger charge is -2.19. The van der Waals surface area contributed by atoms with E-state index >= 15 is 0 Å². The molecule has 2 heterocycles. The van der Waals surface area contributed by atoms with Gasteiger partial charge in [0.1, 0.15) is 5.82 Å². The summed E-state index contributed by atoms with van der Waals surface area (Å²) >= 11 is 0. The van der Waals surface area contributed by atoms with Crippen molar-refractivity contribution in [3.8, 4) is 11.3 Å². The molecule has 0 unspecified atom stereocenters. The molecule has 0 spiro atoms.